The Morgan fingerprint density at radius 3 is 2.58 bits per heavy atom. The number of hydrogen-bond donors (Lipinski definition) is 2. The molecule has 2 unspecified atom stereocenters. The molecule has 110 valence electrons. The molecule has 0 saturated heterocycles. The van der Waals surface area contributed by atoms with E-state index in [9.17, 15) is 5.11 Å². The van der Waals surface area contributed by atoms with Gasteiger partial charge in [0, 0.05) is 32.1 Å². The monoisotopic (exact) mass is 285 g/mol. The molecule has 0 aliphatic carbocycles. The van der Waals surface area contributed by atoms with Crippen LogP contribution in [0, 0.1) is 12.8 Å². The van der Waals surface area contributed by atoms with Crippen LogP contribution in [-0.2, 0) is 6.54 Å². The van der Waals surface area contributed by atoms with Gasteiger partial charge in [0.2, 0.25) is 0 Å². The lowest BCUT2D eigenvalue weighted by atomic mass is 9.89. The van der Waals surface area contributed by atoms with Gasteiger partial charge in [-0.05, 0) is 19.8 Å². The number of rotatable bonds is 7. The topological polar surface area (TPSA) is 48.4 Å². The lowest BCUT2D eigenvalue weighted by Crippen LogP contribution is -2.42. The Hall–Kier alpha value is -0.650. The summed E-state index contributed by atoms with van der Waals surface area (Å²) in [6.07, 6.45) is 0.985. The summed E-state index contributed by atoms with van der Waals surface area (Å²) in [6.45, 7) is 9.51. The van der Waals surface area contributed by atoms with Crippen molar-refractivity contribution in [2.45, 2.75) is 46.3 Å². The number of aliphatic hydroxyl groups is 1. The van der Waals surface area contributed by atoms with Gasteiger partial charge >= 0.3 is 0 Å². The van der Waals surface area contributed by atoms with Crippen LogP contribution in [-0.4, -0.2) is 36.3 Å². The molecule has 1 aromatic heterocycles. The molecule has 2 N–H and O–H groups in total. The van der Waals surface area contributed by atoms with Crippen LogP contribution < -0.4 is 10.2 Å². The number of nitrogens with zero attached hydrogens (tertiary/aromatic N) is 2. The summed E-state index contributed by atoms with van der Waals surface area (Å²) in [6, 6.07) is 0. The molecular formula is C14H27N3OS. The van der Waals surface area contributed by atoms with E-state index in [1.54, 1.807) is 11.3 Å². The van der Waals surface area contributed by atoms with Crippen LogP contribution in [0.25, 0.3) is 0 Å². The van der Waals surface area contributed by atoms with E-state index in [-0.39, 0.29) is 0 Å². The van der Waals surface area contributed by atoms with Crippen LogP contribution in [0.4, 0.5) is 5.13 Å². The zero-order valence-electron chi connectivity index (χ0n) is 12.9. The maximum atomic E-state index is 10.3. The fourth-order valence-electron chi connectivity index (χ4n) is 1.81. The SMILES string of the molecule is CCC(C)C(C)(O)CNCc1sc(N(C)C)nc1C. The normalized spacial score (nSPS) is 16.2. The molecule has 2 atom stereocenters. The van der Waals surface area contributed by atoms with E-state index in [0.29, 0.717) is 12.5 Å². The molecule has 0 amide bonds. The van der Waals surface area contributed by atoms with Crippen molar-refractivity contribution in [3.63, 3.8) is 0 Å². The number of nitrogens with one attached hydrogen (secondary N) is 1. The van der Waals surface area contributed by atoms with Crippen molar-refractivity contribution >= 4 is 16.5 Å². The van der Waals surface area contributed by atoms with Crippen molar-refractivity contribution in [2.75, 3.05) is 25.5 Å². The van der Waals surface area contributed by atoms with Gasteiger partial charge in [-0.3, -0.25) is 0 Å². The molecule has 0 spiro atoms. The molecule has 1 aromatic rings. The highest BCUT2D eigenvalue weighted by Gasteiger charge is 2.26. The molecular weight excluding hydrogens is 258 g/mol. The van der Waals surface area contributed by atoms with Gasteiger partial charge in [0.25, 0.3) is 0 Å². The van der Waals surface area contributed by atoms with E-state index in [4.69, 9.17) is 0 Å². The first-order chi connectivity index (χ1) is 8.77. The quantitative estimate of drug-likeness (QED) is 0.808. The predicted molar refractivity (Wildman–Crippen MR) is 83.0 cm³/mol. The third-order valence-electron chi connectivity index (χ3n) is 3.71. The largest absolute Gasteiger partial charge is 0.389 e. The van der Waals surface area contributed by atoms with Crippen molar-refractivity contribution in [3.8, 4) is 0 Å². The van der Waals surface area contributed by atoms with E-state index in [1.165, 1.54) is 4.88 Å². The number of anilines is 1. The summed E-state index contributed by atoms with van der Waals surface area (Å²) in [5.74, 6) is 0.292. The molecule has 0 radical (unpaired) electrons. The molecule has 0 aliphatic heterocycles. The van der Waals surface area contributed by atoms with Gasteiger partial charge in [-0.2, -0.15) is 0 Å². The molecule has 5 heteroatoms. The van der Waals surface area contributed by atoms with Crippen molar-refractivity contribution in [2.24, 2.45) is 5.92 Å². The van der Waals surface area contributed by atoms with Crippen LogP contribution in [0.3, 0.4) is 0 Å². The second-order valence-corrected chi connectivity index (χ2v) is 6.73. The van der Waals surface area contributed by atoms with Gasteiger partial charge in [-0.15, -0.1) is 11.3 Å². The van der Waals surface area contributed by atoms with Gasteiger partial charge in [0.15, 0.2) is 5.13 Å². The maximum Gasteiger partial charge on any atom is 0.185 e. The number of aryl methyl sites for hydroxylation is 1. The van der Waals surface area contributed by atoms with Gasteiger partial charge in [-0.1, -0.05) is 20.3 Å². The lowest BCUT2D eigenvalue weighted by Gasteiger charge is -2.29. The highest BCUT2D eigenvalue weighted by atomic mass is 32.1. The Labute approximate surface area is 120 Å². The van der Waals surface area contributed by atoms with Crippen LogP contribution >= 0.6 is 11.3 Å². The van der Waals surface area contributed by atoms with E-state index in [0.717, 1.165) is 23.8 Å². The van der Waals surface area contributed by atoms with Gasteiger partial charge < -0.3 is 15.3 Å². The van der Waals surface area contributed by atoms with E-state index >= 15 is 0 Å². The number of aromatic nitrogens is 1. The highest BCUT2D eigenvalue weighted by molar-refractivity contribution is 7.15. The molecule has 0 aromatic carbocycles. The van der Waals surface area contributed by atoms with Crippen molar-refractivity contribution in [1.82, 2.24) is 10.3 Å². The minimum absolute atomic E-state index is 0.292. The molecule has 0 bridgehead atoms. The van der Waals surface area contributed by atoms with Gasteiger partial charge in [0.1, 0.15) is 0 Å². The van der Waals surface area contributed by atoms with E-state index < -0.39 is 5.60 Å². The van der Waals surface area contributed by atoms with Crippen LogP contribution in [0.5, 0.6) is 0 Å². The summed E-state index contributed by atoms with van der Waals surface area (Å²) in [5, 5.41) is 14.7. The minimum atomic E-state index is -0.655. The highest BCUT2D eigenvalue weighted by Crippen LogP contribution is 2.25. The molecule has 1 rings (SSSR count). The first kappa shape index (κ1) is 16.4. The van der Waals surface area contributed by atoms with Crippen LogP contribution in [0.1, 0.15) is 37.8 Å². The minimum Gasteiger partial charge on any atom is -0.389 e. The van der Waals surface area contributed by atoms with Crippen molar-refractivity contribution in [1.29, 1.82) is 0 Å². The Morgan fingerprint density at radius 2 is 2.11 bits per heavy atom. The van der Waals surface area contributed by atoms with Crippen molar-refractivity contribution in [3.05, 3.63) is 10.6 Å². The Morgan fingerprint density at radius 1 is 1.47 bits per heavy atom. The summed E-state index contributed by atoms with van der Waals surface area (Å²) < 4.78 is 0. The van der Waals surface area contributed by atoms with E-state index in [1.807, 2.05) is 32.8 Å². The first-order valence-corrected chi connectivity index (χ1v) is 7.66. The Balaban J connectivity index is 2.54. The van der Waals surface area contributed by atoms with Crippen LogP contribution in [0.2, 0.25) is 0 Å². The molecule has 0 fully saturated rings. The third-order valence-corrected chi connectivity index (χ3v) is 5.03. The zero-order chi connectivity index (χ0) is 14.6. The lowest BCUT2D eigenvalue weighted by molar-refractivity contribution is 0.00538. The zero-order valence-corrected chi connectivity index (χ0v) is 13.8. The molecule has 1 heterocycles. The van der Waals surface area contributed by atoms with Crippen molar-refractivity contribution < 1.29 is 5.11 Å². The molecule has 0 saturated carbocycles. The predicted octanol–water partition coefficient (Wildman–Crippen LogP) is 2.40. The summed E-state index contributed by atoms with van der Waals surface area (Å²) in [7, 11) is 4.01. The first-order valence-electron chi connectivity index (χ1n) is 6.84. The number of thiazole rings is 1. The second kappa shape index (κ2) is 6.68. The summed E-state index contributed by atoms with van der Waals surface area (Å²) in [5.41, 5.74) is 0.418. The average molecular weight is 285 g/mol. The average Bonchev–Trinajstić information content (AvgIpc) is 2.70. The molecule has 19 heavy (non-hydrogen) atoms. The van der Waals surface area contributed by atoms with E-state index in [2.05, 4.69) is 24.1 Å². The summed E-state index contributed by atoms with van der Waals surface area (Å²) in [4.78, 5) is 7.78. The van der Waals surface area contributed by atoms with Gasteiger partial charge in [-0.25, -0.2) is 4.98 Å². The third kappa shape index (κ3) is 4.44. The Kier molecular flexibility index (Phi) is 5.77. The van der Waals surface area contributed by atoms with Gasteiger partial charge in [0.05, 0.1) is 11.3 Å². The van der Waals surface area contributed by atoms with Crippen LogP contribution in [0.15, 0.2) is 0 Å². The standard InChI is InChI=1S/C14H27N3OS/c1-7-10(2)14(4,18)9-15-8-12-11(3)16-13(19-12)17(5)6/h10,15,18H,7-9H2,1-6H3. The summed E-state index contributed by atoms with van der Waals surface area (Å²) >= 11 is 1.70. The Bertz CT molecular complexity index is 401. The fourth-order valence-corrected chi connectivity index (χ4v) is 2.76. The smallest absolute Gasteiger partial charge is 0.185 e. The number of hydrogen-bond acceptors (Lipinski definition) is 5. The fraction of sp³-hybridized carbons (Fsp3) is 0.786. The molecule has 4 nitrogen and oxygen atoms in total. The molecule has 0 aliphatic rings. The maximum absolute atomic E-state index is 10.3. The second-order valence-electron chi connectivity index (χ2n) is 5.67.